The molecule has 3 heterocycles. The summed E-state index contributed by atoms with van der Waals surface area (Å²) in [5.41, 5.74) is 3.48. The highest BCUT2D eigenvalue weighted by Crippen LogP contribution is 2.43. The summed E-state index contributed by atoms with van der Waals surface area (Å²) < 4.78 is 12.0. The molecular formula is C23H17Cl2NO3S. The van der Waals surface area contributed by atoms with Crippen LogP contribution < -0.4 is 9.47 Å². The number of allylic oxidation sites excluding steroid dienone is 1. The van der Waals surface area contributed by atoms with Gasteiger partial charge in [0.25, 0.3) is 0 Å². The smallest absolute Gasteiger partial charge is 0.232 e. The van der Waals surface area contributed by atoms with Crippen molar-refractivity contribution in [1.82, 2.24) is 4.90 Å². The minimum absolute atomic E-state index is 0.0918. The molecule has 30 heavy (non-hydrogen) atoms. The predicted molar refractivity (Wildman–Crippen MR) is 120 cm³/mol. The van der Waals surface area contributed by atoms with Crippen molar-refractivity contribution in [3.63, 3.8) is 0 Å². The summed E-state index contributed by atoms with van der Waals surface area (Å²) >= 11 is 13.7. The summed E-state index contributed by atoms with van der Waals surface area (Å²) in [5, 5.41) is 3.05. The van der Waals surface area contributed by atoms with E-state index in [1.54, 1.807) is 23.5 Å². The topological polar surface area (TPSA) is 38.8 Å². The van der Waals surface area contributed by atoms with Gasteiger partial charge in [0, 0.05) is 35.2 Å². The third kappa shape index (κ3) is 3.52. The lowest BCUT2D eigenvalue weighted by Crippen LogP contribution is -2.32. The lowest BCUT2D eigenvalue weighted by Gasteiger charge is -2.30. The molecule has 5 rings (SSSR count). The van der Waals surface area contributed by atoms with Crippen LogP contribution in [0.15, 0.2) is 47.5 Å². The molecule has 0 aliphatic carbocycles. The largest absolute Gasteiger partial charge is 0.477 e. The molecule has 152 valence electrons. The highest BCUT2D eigenvalue weighted by molar-refractivity contribution is 7.10. The lowest BCUT2D eigenvalue weighted by atomic mass is 10.00. The van der Waals surface area contributed by atoms with Gasteiger partial charge in [-0.15, -0.1) is 11.3 Å². The molecule has 7 heteroatoms. The zero-order chi connectivity index (χ0) is 20.8. The van der Waals surface area contributed by atoms with E-state index < -0.39 is 0 Å². The van der Waals surface area contributed by atoms with Crippen LogP contribution in [0.2, 0.25) is 10.0 Å². The van der Waals surface area contributed by atoms with Gasteiger partial charge in [-0.3, -0.25) is 9.69 Å². The quantitative estimate of drug-likeness (QED) is 0.430. The van der Waals surface area contributed by atoms with Crippen molar-refractivity contribution in [3.05, 3.63) is 84.7 Å². The minimum Gasteiger partial charge on any atom is -0.477 e. The van der Waals surface area contributed by atoms with Crippen LogP contribution in [0.25, 0.3) is 6.08 Å². The van der Waals surface area contributed by atoms with Crippen LogP contribution in [-0.2, 0) is 13.1 Å². The number of carbonyl (C=O) groups excluding carboxylic acids is 1. The van der Waals surface area contributed by atoms with Gasteiger partial charge in [0.15, 0.2) is 5.76 Å². The number of rotatable bonds is 3. The van der Waals surface area contributed by atoms with Gasteiger partial charge in [-0.25, -0.2) is 0 Å². The van der Waals surface area contributed by atoms with E-state index in [-0.39, 0.29) is 5.78 Å². The van der Waals surface area contributed by atoms with Crippen LogP contribution in [0.4, 0.5) is 0 Å². The molecular weight excluding hydrogens is 441 g/mol. The first kappa shape index (κ1) is 19.6. The number of halogens is 2. The Balaban J connectivity index is 1.42. The fraction of sp³-hybridized carbons (Fsp3) is 0.174. The van der Waals surface area contributed by atoms with E-state index in [0.29, 0.717) is 46.9 Å². The second kappa shape index (κ2) is 7.75. The molecule has 0 bridgehead atoms. The van der Waals surface area contributed by atoms with Gasteiger partial charge in [0.05, 0.1) is 15.6 Å². The van der Waals surface area contributed by atoms with Gasteiger partial charge in [0.1, 0.15) is 18.2 Å². The summed E-state index contributed by atoms with van der Waals surface area (Å²) in [6.07, 6.45) is 1.79. The number of carbonyl (C=O) groups is 1. The number of ether oxygens (including phenoxy) is 2. The highest BCUT2D eigenvalue weighted by atomic mass is 35.5. The Bertz CT molecular complexity index is 1190. The molecule has 0 spiro atoms. The van der Waals surface area contributed by atoms with E-state index in [0.717, 1.165) is 27.3 Å². The number of fused-ring (bicyclic) bond motifs is 2. The fourth-order valence-corrected chi connectivity index (χ4v) is 4.76. The molecule has 0 atom stereocenters. The molecule has 1 aromatic heterocycles. The average molecular weight is 458 g/mol. The third-order valence-electron chi connectivity index (χ3n) is 5.21. The van der Waals surface area contributed by atoms with E-state index in [2.05, 4.69) is 4.90 Å². The minimum atomic E-state index is -0.0918. The van der Waals surface area contributed by atoms with Crippen LogP contribution in [0, 0.1) is 6.92 Å². The van der Waals surface area contributed by atoms with Gasteiger partial charge in [-0.05, 0) is 42.1 Å². The number of hydrogen-bond donors (Lipinski definition) is 0. The van der Waals surface area contributed by atoms with Gasteiger partial charge in [-0.2, -0.15) is 0 Å². The van der Waals surface area contributed by atoms with Gasteiger partial charge in [-0.1, -0.05) is 35.3 Å². The van der Waals surface area contributed by atoms with Crippen LogP contribution in [0.3, 0.4) is 0 Å². The molecule has 0 saturated heterocycles. The zero-order valence-electron chi connectivity index (χ0n) is 16.1. The van der Waals surface area contributed by atoms with Crippen molar-refractivity contribution in [3.8, 4) is 11.5 Å². The summed E-state index contributed by atoms with van der Waals surface area (Å²) in [7, 11) is 0. The van der Waals surface area contributed by atoms with E-state index in [4.69, 9.17) is 32.7 Å². The van der Waals surface area contributed by atoms with Crippen molar-refractivity contribution in [2.45, 2.75) is 20.0 Å². The van der Waals surface area contributed by atoms with Crippen molar-refractivity contribution >= 4 is 46.4 Å². The third-order valence-corrected chi connectivity index (χ3v) is 6.77. The van der Waals surface area contributed by atoms with Crippen LogP contribution >= 0.6 is 34.5 Å². The van der Waals surface area contributed by atoms with Crippen LogP contribution in [-0.4, -0.2) is 17.4 Å². The normalized spacial score (nSPS) is 16.9. The number of nitrogens with zero attached hydrogens (tertiary/aromatic N) is 1. The molecule has 0 unspecified atom stereocenters. The van der Waals surface area contributed by atoms with Crippen LogP contribution in [0.1, 0.15) is 31.9 Å². The molecule has 2 aliphatic rings. The molecule has 0 fully saturated rings. The van der Waals surface area contributed by atoms with E-state index in [1.807, 2.05) is 42.6 Å². The first-order valence-electron chi connectivity index (χ1n) is 9.43. The first-order chi connectivity index (χ1) is 14.5. The molecule has 0 radical (unpaired) electrons. The maximum absolute atomic E-state index is 12.9. The van der Waals surface area contributed by atoms with E-state index in [1.165, 1.54) is 0 Å². The summed E-state index contributed by atoms with van der Waals surface area (Å²) in [6, 6.07) is 11.4. The van der Waals surface area contributed by atoms with Crippen molar-refractivity contribution in [2.24, 2.45) is 0 Å². The zero-order valence-corrected chi connectivity index (χ0v) is 18.4. The van der Waals surface area contributed by atoms with Gasteiger partial charge in [0.2, 0.25) is 5.78 Å². The Hall–Kier alpha value is -2.31. The predicted octanol–water partition coefficient (Wildman–Crippen LogP) is 6.33. The monoisotopic (exact) mass is 457 g/mol. The van der Waals surface area contributed by atoms with Crippen molar-refractivity contribution in [2.75, 3.05) is 6.73 Å². The number of ketones is 1. The number of thiophene rings is 1. The van der Waals surface area contributed by atoms with Crippen molar-refractivity contribution < 1.29 is 14.3 Å². The second-order valence-corrected chi connectivity index (χ2v) is 9.12. The molecule has 0 amide bonds. The van der Waals surface area contributed by atoms with Crippen molar-refractivity contribution in [1.29, 1.82) is 0 Å². The standard InChI is InChI=1S/C23H17Cl2NO3S/c1-13-22-15(11-26(12-28-22)10-14-4-5-18(24)19(25)7-14)8-17-21(27)20(29-23(13)17)9-16-3-2-6-30-16/h2-9H,10-12H2,1H3/b20-9-. The highest BCUT2D eigenvalue weighted by Gasteiger charge is 2.33. The summed E-state index contributed by atoms with van der Waals surface area (Å²) in [6.45, 7) is 3.72. The second-order valence-electron chi connectivity index (χ2n) is 7.33. The number of hydrogen-bond acceptors (Lipinski definition) is 5. The Morgan fingerprint density at radius 2 is 2.03 bits per heavy atom. The van der Waals surface area contributed by atoms with Gasteiger partial charge >= 0.3 is 0 Å². The Labute approximate surface area is 188 Å². The van der Waals surface area contributed by atoms with E-state index in [9.17, 15) is 4.79 Å². The molecule has 0 N–H and O–H groups in total. The number of benzene rings is 2. The SMILES string of the molecule is Cc1c2c(cc3c1O/C(=C\c1cccs1)C3=O)CN(Cc1ccc(Cl)c(Cl)c1)CO2. The fourth-order valence-electron chi connectivity index (χ4n) is 3.80. The van der Waals surface area contributed by atoms with Gasteiger partial charge < -0.3 is 9.47 Å². The van der Waals surface area contributed by atoms with Crippen LogP contribution in [0.5, 0.6) is 11.5 Å². The molecule has 2 aliphatic heterocycles. The number of Topliss-reactive ketones (excluding diaryl/α,β-unsaturated/α-hetero) is 1. The van der Waals surface area contributed by atoms with E-state index >= 15 is 0 Å². The Kier molecular flexibility index (Phi) is 5.07. The average Bonchev–Trinajstić information content (AvgIpc) is 3.34. The Morgan fingerprint density at radius 3 is 2.80 bits per heavy atom. The molecule has 2 aromatic carbocycles. The summed E-state index contributed by atoms with van der Waals surface area (Å²) in [4.78, 5) is 16.1. The molecule has 3 aromatic rings. The molecule has 4 nitrogen and oxygen atoms in total. The maximum atomic E-state index is 12.9. The summed E-state index contributed by atoms with van der Waals surface area (Å²) in [5.74, 6) is 1.65. The maximum Gasteiger partial charge on any atom is 0.232 e. The first-order valence-corrected chi connectivity index (χ1v) is 11.1. The molecule has 0 saturated carbocycles. The Morgan fingerprint density at radius 1 is 1.17 bits per heavy atom. The lowest BCUT2D eigenvalue weighted by molar-refractivity contribution is 0.0876.